The zero-order valence-electron chi connectivity index (χ0n) is 17.4. The maximum atomic E-state index is 12.8. The predicted octanol–water partition coefficient (Wildman–Crippen LogP) is 4.65. The first-order chi connectivity index (χ1) is 15.2. The van der Waals surface area contributed by atoms with Crippen LogP contribution >= 0.6 is 22.9 Å². The number of benzene rings is 2. The predicted molar refractivity (Wildman–Crippen MR) is 125 cm³/mol. The van der Waals surface area contributed by atoms with E-state index in [1.54, 1.807) is 12.1 Å². The molecule has 0 N–H and O–H groups in total. The number of thiazole rings is 1. The highest BCUT2D eigenvalue weighted by atomic mass is 35.5. The van der Waals surface area contributed by atoms with E-state index in [0.717, 1.165) is 55.6 Å². The Bertz CT molecular complexity index is 978. The number of nitrogens with zero attached hydrogens (tertiary/aromatic N) is 3. The van der Waals surface area contributed by atoms with Crippen molar-refractivity contribution in [2.75, 3.05) is 26.2 Å². The molecule has 0 saturated carbocycles. The van der Waals surface area contributed by atoms with Gasteiger partial charge in [-0.25, -0.2) is 4.98 Å². The summed E-state index contributed by atoms with van der Waals surface area (Å²) >= 11 is 7.42. The molecule has 1 saturated heterocycles. The van der Waals surface area contributed by atoms with E-state index < -0.39 is 0 Å². The Hall–Kier alpha value is -2.41. The Labute approximate surface area is 192 Å². The summed E-state index contributed by atoms with van der Waals surface area (Å²) in [5, 5.41) is 3.50. The second-order valence-electron chi connectivity index (χ2n) is 7.65. The van der Waals surface area contributed by atoms with Gasteiger partial charge in [0.15, 0.2) is 0 Å². The molecule has 1 amide bonds. The molecule has 162 valence electrons. The van der Waals surface area contributed by atoms with Gasteiger partial charge in [0.1, 0.15) is 17.4 Å². The van der Waals surface area contributed by atoms with Gasteiger partial charge < -0.3 is 9.64 Å². The topological polar surface area (TPSA) is 45.7 Å². The molecule has 1 aliphatic heterocycles. The maximum Gasteiger partial charge on any atom is 0.228 e. The summed E-state index contributed by atoms with van der Waals surface area (Å²) in [6.07, 6.45) is 1.34. The molecule has 3 aromatic rings. The van der Waals surface area contributed by atoms with E-state index in [2.05, 4.69) is 34.1 Å². The largest absolute Gasteiger partial charge is 0.486 e. The summed E-state index contributed by atoms with van der Waals surface area (Å²) in [6, 6.07) is 17.8. The number of hydrogen-bond donors (Lipinski definition) is 0. The smallest absolute Gasteiger partial charge is 0.228 e. The molecule has 31 heavy (non-hydrogen) atoms. The molecule has 1 aromatic heterocycles. The highest BCUT2D eigenvalue weighted by Gasteiger charge is 2.20. The maximum absolute atomic E-state index is 12.8. The van der Waals surface area contributed by atoms with Crippen LogP contribution in [0.15, 0.2) is 60.0 Å². The van der Waals surface area contributed by atoms with Gasteiger partial charge in [0.05, 0.1) is 12.1 Å². The van der Waals surface area contributed by atoms with Crippen LogP contribution in [0.5, 0.6) is 5.75 Å². The summed E-state index contributed by atoms with van der Waals surface area (Å²) in [7, 11) is 0. The lowest BCUT2D eigenvalue weighted by molar-refractivity contribution is -0.130. The molecular formula is C24H26ClN3O2S. The molecule has 0 radical (unpaired) electrons. The van der Waals surface area contributed by atoms with Crippen LogP contribution < -0.4 is 4.74 Å². The van der Waals surface area contributed by atoms with Crippen molar-refractivity contribution in [1.29, 1.82) is 0 Å². The lowest BCUT2D eigenvalue weighted by atomic mass is 10.2. The van der Waals surface area contributed by atoms with E-state index in [1.807, 2.05) is 28.5 Å². The zero-order valence-corrected chi connectivity index (χ0v) is 18.9. The normalized spacial score (nSPS) is 14.9. The molecular weight excluding hydrogens is 430 g/mol. The van der Waals surface area contributed by atoms with Gasteiger partial charge in [0.2, 0.25) is 5.91 Å². The van der Waals surface area contributed by atoms with E-state index in [-0.39, 0.29) is 5.91 Å². The number of carbonyl (C=O) groups is 1. The third-order valence-corrected chi connectivity index (χ3v) is 6.42. The fourth-order valence-corrected chi connectivity index (χ4v) is 4.49. The van der Waals surface area contributed by atoms with Crippen LogP contribution in [-0.2, 0) is 24.4 Å². The monoisotopic (exact) mass is 455 g/mol. The molecule has 5 nitrogen and oxygen atoms in total. The highest BCUT2D eigenvalue weighted by Crippen LogP contribution is 2.19. The van der Waals surface area contributed by atoms with Gasteiger partial charge in [0.25, 0.3) is 0 Å². The second-order valence-corrected chi connectivity index (χ2v) is 9.03. The molecule has 1 fully saturated rings. The van der Waals surface area contributed by atoms with Crippen molar-refractivity contribution >= 4 is 28.8 Å². The average Bonchev–Trinajstić information content (AvgIpc) is 3.09. The molecule has 7 heteroatoms. The van der Waals surface area contributed by atoms with E-state index in [9.17, 15) is 4.79 Å². The van der Waals surface area contributed by atoms with Gasteiger partial charge in [-0.1, -0.05) is 41.9 Å². The van der Waals surface area contributed by atoms with E-state index in [0.29, 0.717) is 18.1 Å². The van der Waals surface area contributed by atoms with Crippen LogP contribution in [0.25, 0.3) is 0 Å². The van der Waals surface area contributed by atoms with Crippen molar-refractivity contribution in [3.05, 3.63) is 81.3 Å². The summed E-state index contributed by atoms with van der Waals surface area (Å²) in [4.78, 5) is 21.8. The highest BCUT2D eigenvalue weighted by molar-refractivity contribution is 7.09. The van der Waals surface area contributed by atoms with Crippen molar-refractivity contribution in [2.45, 2.75) is 26.0 Å². The number of aromatic nitrogens is 1. The molecule has 1 aliphatic rings. The van der Waals surface area contributed by atoms with Gasteiger partial charge in [-0.2, -0.15) is 0 Å². The Morgan fingerprint density at radius 2 is 1.84 bits per heavy atom. The van der Waals surface area contributed by atoms with Crippen molar-refractivity contribution in [2.24, 2.45) is 0 Å². The quantitative estimate of drug-likeness (QED) is 0.520. The van der Waals surface area contributed by atoms with Crippen molar-refractivity contribution in [3.63, 3.8) is 0 Å². The second kappa shape index (κ2) is 10.8. The Balaban J connectivity index is 1.25. The van der Waals surface area contributed by atoms with E-state index in [4.69, 9.17) is 16.3 Å². The first kappa shape index (κ1) is 21.8. The van der Waals surface area contributed by atoms with Crippen molar-refractivity contribution < 1.29 is 9.53 Å². The number of hydrogen-bond acceptors (Lipinski definition) is 5. The molecule has 2 heterocycles. The lowest BCUT2D eigenvalue weighted by Gasteiger charge is -2.22. The van der Waals surface area contributed by atoms with E-state index >= 15 is 0 Å². The third-order valence-electron chi connectivity index (χ3n) is 5.30. The summed E-state index contributed by atoms with van der Waals surface area (Å²) in [5.41, 5.74) is 2.13. The average molecular weight is 456 g/mol. The van der Waals surface area contributed by atoms with Crippen LogP contribution in [0.2, 0.25) is 5.02 Å². The standard InChI is InChI=1S/C24H26ClN3O2S/c25-20-7-9-22(10-8-20)30-17-23-26-21(18-31-23)15-24(29)28-12-4-11-27(13-14-28)16-19-5-2-1-3-6-19/h1-3,5-10,18H,4,11-17H2. The van der Waals surface area contributed by atoms with Gasteiger partial charge >= 0.3 is 0 Å². The van der Waals surface area contributed by atoms with Gasteiger partial charge in [-0.3, -0.25) is 9.69 Å². The van der Waals surface area contributed by atoms with E-state index in [1.165, 1.54) is 16.9 Å². The molecule has 2 aromatic carbocycles. The Morgan fingerprint density at radius 1 is 1.03 bits per heavy atom. The van der Waals surface area contributed by atoms with Gasteiger partial charge in [-0.05, 0) is 36.2 Å². The van der Waals surface area contributed by atoms with Crippen LogP contribution in [0.1, 0.15) is 22.7 Å². The van der Waals surface area contributed by atoms with Crippen molar-refractivity contribution in [1.82, 2.24) is 14.8 Å². The van der Waals surface area contributed by atoms with Crippen LogP contribution in [0.3, 0.4) is 0 Å². The minimum absolute atomic E-state index is 0.150. The fraction of sp³-hybridized carbons (Fsp3) is 0.333. The molecule has 0 aliphatic carbocycles. The first-order valence-electron chi connectivity index (χ1n) is 10.5. The Kier molecular flexibility index (Phi) is 7.57. The third kappa shape index (κ3) is 6.53. The van der Waals surface area contributed by atoms with Crippen LogP contribution in [0, 0.1) is 0 Å². The number of halogens is 1. The number of rotatable bonds is 7. The number of carbonyl (C=O) groups excluding carboxylic acids is 1. The summed E-state index contributed by atoms with van der Waals surface area (Å²) < 4.78 is 5.75. The molecule has 0 unspecified atom stereocenters. The first-order valence-corrected chi connectivity index (χ1v) is 11.8. The number of amides is 1. The van der Waals surface area contributed by atoms with Gasteiger partial charge in [0, 0.05) is 43.1 Å². The fourth-order valence-electron chi connectivity index (χ4n) is 3.66. The summed E-state index contributed by atoms with van der Waals surface area (Å²) in [5.74, 6) is 0.902. The van der Waals surface area contributed by atoms with Gasteiger partial charge in [-0.15, -0.1) is 11.3 Å². The van der Waals surface area contributed by atoms with Crippen LogP contribution in [-0.4, -0.2) is 46.9 Å². The SMILES string of the molecule is O=C(Cc1csc(COc2ccc(Cl)cc2)n1)N1CCCN(Cc2ccccc2)CC1. The molecule has 4 rings (SSSR count). The van der Waals surface area contributed by atoms with Crippen LogP contribution in [0.4, 0.5) is 0 Å². The zero-order chi connectivity index (χ0) is 21.5. The Morgan fingerprint density at radius 3 is 2.65 bits per heavy atom. The van der Waals surface area contributed by atoms with Crippen molar-refractivity contribution in [3.8, 4) is 5.75 Å². The minimum Gasteiger partial charge on any atom is -0.486 e. The minimum atomic E-state index is 0.150. The summed E-state index contributed by atoms with van der Waals surface area (Å²) in [6.45, 7) is 4.81. The molecule has 0 spiro atoms. The molecule has 0 atom stereocenters. The lowest BCUT2D eigenvalue weighted by Crippen LogP contribution is -2.36. The number of ether oxygens (including phenoxy) is 1. The molecule has 0 bridgehead atoms.